The van der Waals surface area contributed by atoms with Gasteiger partial charge >= 0.3 is 5.97 Å². The maximum absolute atomic E-state index is 11.8. The third kappa shape index (κ3) is 1.21. The summed E-state index contributed by atoms with van der Waals surface area (Å²) >= 11 is 0. The first kappa shape index (κ1) is 9.49. The van der Waals surface area contributed by atoms with Crippen molar-refractivity contribution >= 4 is 11.9 Å². The quantitative estimate of drug-likeness (QED) is 0.528. The summed E-state index contributed by atoms with van der Waals surface area (Å²) in [5.41, 5.74) is -0.837. The molecule has 1 N–H and O–H groups in total. The molecule has 1 amide bonds. The number of nitrogens with one attached hydrogen (secondary N) is 1. The number of hydrogen-bond donors (Lipinski definition) is 1. The van der Waals surface area contributed by atoms with Crippen molar-refractivity contribution in [2.75, 3.05) is 13.2 Å². The van der Waals surface area contributed by atoms with E-state index in [1.54, 1.807) is 6.92 Å². The SMILES string of the molecule is CCOC(=O)C1(C2CC2)CCNC1=O. The van der Waals surface area contributed by atoms with Gasteiger partial charge in [0.15, 0.2) is 5.41 Å². The summed E-state index contributed by atoms with van der Waals surface area (Å²) in [5, 5.41) is 2.73. The highest BCUT2D eigenvalue weighted by Crippen LogP contribution is 2.50. The Morgan fingerprint density at radius 1 is 1.64 bits per heavy atom. The number of carbonyl (C=O) groups excluding carboxylic acids is 2. The summed E-state index contributed by atoms with van der Waals surface area (Å²) < 4.78 is 5.00. The van der Waals surface area contributed by atoms with Crippen LogP contribution in [0.3, 0.4) is 0 Å². The van der Waals surface area contributed by atoms with Gasteiger partial charge in [-0.05, 0) is 32.1 Å². The maximum atomic E-state index is 11.8. The second-order valence-electron chi connectivity index (χ2n) is 3.97. The highest BCUT2D eigenvalue weighted by atomic mass is 16.5. The minimum Gasteiger partial charge on any atom is -0.465 e. The first-order valence-electron chi connectivity index (χ1n) is 5.17. The number of hydrogen-bond acceptors (Lipinski definition) is 3. The Bertz CT molecular complexity index is 273. The van der Waals surface area contributed by atoms with Gasteiger partial charge in [0.25, 0.3) is 0 Å². The molecule has 4 nitrogen and oxygen atoms in total. The number of rotatable bonds is 3. The Labute approximate surface area is 83.0 Å². The van der Waals surface area contributed by atoms with Gasteiger partial charge in [-0.1, -0.05) is 0 Å². The van der Waals surface area contributed by atoms with Gasteiger partial charge in [-0.15, -0.1) is 0 Å². The Hall–Kier alpha value is -1.06. The zero-order chi connectivity index (χ0) is 10.2. The molecule has 2 fully saturated rings. The van der Waals surface area contributed by atoms with E-state index in [4.69, 9.17) is 4.74 Å². The first-order valence-corrected chi connectivity index (χ1v) is 5.17. The number of ether oxygens (including phenoxy) is 1. The van der Waals surface area contributed by atoms with Gasteiger partial charge in [-0.3, -0.25) is 9.59 Å². The normalized spacial score (nSPS) is 31.4. The molecule has 78 valence electrons. The third-order valence-corrected chi connectivity index (χ3v) is 3.12. The Morgan fingerprint density at radius 2 is 2.36 bits per heavy atom. The standard InChI is InChI=1S/C10H15NO3/c1-2-14-9(13)10(7-3-4-7)5-6-11-8(10)12/h7H,2-6H2,1H3,(H,11,12). The minimum atomic E-state index is -0.837. The molecule has 1 atom stereocenters. The van der Waals surface area contributed by atoms with E-state index in [1.165, 1.54) is 0 Å². The molecule has 4 heteroatoms. The van der Waals surface area contributed by atoms with E-state index >= 15 is 0 Å². The highest BCUT2D eigenvalue weighted by Gasteiger charge is 2.59. The van der Waals surface area contributed by atoms with Gasteiger partial charge < -0.3 is 10.1 Å². The van der Waals surface area contributed by atoms with Crippen LogP contribution in [0, 0.1) is 11.3 Å². The van der Waals surface area contributed by atoms with Crippen LogP contribution < -0.4 is 5.32 Å². The summed E-state index contributed by atoms with van der Waals surface area (Å²) in [4.78, 5) is 23.5. The van der Waals surface area contributed by atoms with E-state index in [1.807, 2.05) is 0 Å². The summed E-state index contributed by atoms with van der Waals surface area (Å²) in [5.74, 6) is -0.222. The first-order chi connectivity index (χ1) is 6.71. The van der Waals surface area contributed by atoms with Crippen molar-refractivity contribution < 1.29 is 14.3 Å². The van der Waals surface area contributed by atoms with Gasteiger partial charge in [0.1, 0.15) is 0 Å². The van der Waals surface area contributed by atoms with Crippen LogP contribution in [0.15, 0.2) is 0 Å². The average Bonchev–Trinajstić information content (AvgIpc) is 2.92. The molecule has 0 aromatic carbocycles. The minimum absolute atomic E-state index is 0.126. The van der Waals surface area contributed by atoms with Gasteiger partial charge in [-0.2, -0.15) is 0 Å². The molecular formula is C10H15NO3. The second kappa shape index (κ2) is 3.26. The van der Waals surface area contributed by atoms with Crippen LogP contribution in [0.4, 0.5) is 0 Å². The van der Waals surface area contributed by atoms with E-state index < -0.39 is 5.41 Å². The zero-order valence-electron chi connectivity index (χ0n) is 8.34. The van der Waals surface area contributed by atoms with Crippen LogP contribution >= 0.6 is 0 Å². The lowest BCUT2D eigenvalue weighted by molar-refractivity contribution is -0.160. The van der Waals surface area contributed by atoms with E-state index in [2.05, 4.69) is 5.32 Å². The molecule has 1 unspecified atom stereocenters. The average molecular weight is 197 g/mol. The van der Waals surface area contributed by atoms with Gasteiger partial charge in [0, 0.05) is 6.54 Å². The lowest BCUT2D eigenvalue weighted by atomic mass is 9.81. The van der Waals surface area contributed by atoms with Crippen LogP contribution in [-0.2, 0) is 14.3 Å². The van der Waals surface area contributed by atoms with Gasteiger partial charge in [-0.25, -0.2) is 0 Å². The van der Waals surface area contributed by atoms with Crippen molar-refractivity contribution in [1.29, 1.82) is 0 Å². The van der Waals surface area contributed by atoms with Crippen LogP contribution in [0.5, 0.6) is 0 Å². The maximum Gasteiger partial charge on any atom is 0.321 e. The predicted molar refractivity (Wildman–Crippen MR) is 49.4 cm³/mol. The fourth-order valence-electron chi connectivity index (χ4n) is 2.23. The van der Waals surface area contributed by atoms with Crippen molar-refractivity contribution in [3.8, 4) is 0 Å². The molecule has 1 aliphatic heterocycles. The summed E-state index contributed by atoms with van der Waals surface area (Å²) in [6.45, 7) is 2.72. The van der Waals surface area contributed by atoms with Crippen molar-refractivity contribution in [3.63, 3.8) is 0 Å². The largest absolute Gasteiger partial charge is 0.465 e. The zero-order valence-corrected chi connectivity index (χ0v) is 8.34. The van der Waals surface area contributed by atoms with E-state index in [0.717, 1.165) is 12.8 Å². The summed E-state index contributed by atoms with van der Waals surface area (Å²) in [7, 11) is 0. The molecule has 14 heavy (non-hydrogen) atoms. The van der Waals surface area contributed by atoms with Crippen molar-refractivity contribution in [1.82, 2.24) is 5.32 Å². The molecule has 0 aromatic rings. The molecule has 0 bridgehead atoms. The molecule has 0 aromatic heterocycles. The van der Waals surface area contributed by atoms with Gasteiger partial charge in [0.2, 0.25) is 5.91 Å². The van der Waals surface area contributed by atoms with E-state index in [-0.39, 0.29) is 17.8 Å². The summed E-state index contributed by atoms with van der Waals surface area (Å²) in [6.07, 6.45) is 2.56. The molecule has 1 saturated carbocycles. The lowest BCUT2D eigenvalue weighted by Gasteiger charge is -2.22. The molecule has 2 aliphatic rings. The molecule has 1 heterocycles. The number of carbonyl (C=O) groups is 2. The monoisotopic (exact) mass is 197 g/mol. The Kier molecular flexibility index (Phi) is 2.21. The van der Waals surface area contributed by atoms with Crippen LogP contribution in [-0.4, -0.2) is 25.0 Å². The molecule has 0 radical (unpaired) electrons. The van der Waals surface area contributed by atoms with E-state index in [0.29, 0.717) is 19.6 Å². The van der Waals surface area contributed by atoms with Crippen LogP contribution in [0.1, 0.15) is 26.2 Å². The topological polar surface area (TPSA) is 55.4 Å². The fourth-order valence-corrected chi connectivity index (χ4v) is 2.23. The molecule has 2 rings (SSSR count). The fraction of sp³-hybridized carbons (Fsp3) is 0.800. The van der Waals surface area contributed by atoms with Crippen molar-refractivity contribution in [2.24, 2.45) is 11.3 Å². The number of amides is 1. The summed E-state index contributed by atoms with van der Waals surface area (Å²) in [6, 6.07) is 0. The second-order valence-corrected chi connectivity index (χ2v) is 3.97. The smallest absolute Gasteiger partial charge is 0.321 e. The van der Waals surface area contributed by atoms with Crippen molar-refractivity contribution in [2.45, 2.75) is 26.2 Å². The Balaban J connectivity index is 2.21. The van der Waals surface area contributed by atoms with Crippen LogP contribution in [0.25, 0.3) is 0 Å². The molecule has 0 spiro atoms. The van der Waals surface area contributed by atoms with Crippen molar-refractivity contribution in [3.05, 3.63) is 0 Å². The van der Waals surface area contributed by atoms with Crippen LogP contribution in [0.2, 0.25) is 0 Å². The lowest BCUT2D eigenvalue weighted by Crippen LogP contribution is -2.42. The Morgan fingerprint density at radius 3 is 2.79 bits per heavy atom. The predicted octanol–water partition coefficient (Wildman–Crippen LogP) is 0.466. The highest BCUT2D eigenvalue weighted by molar-refractivity contribution is 6.04. The number of esters is 1. The third-order valence-electron chi connectivity index (χ3n) is 3.12. The molecule has 1 aliphatic carbocycles. The van der Waals surface area contributed by atoms with E-state index in [9.17, 15) is 9.59 Å². The molecular weight excluding hydrogens is 182 g/mol. The van der Waals surface area contributed by atoms with Gasteiger partial charge in [0.05, 0.1) is 6.61 Å². The molecule has 1 saturated heterocycles.